The summed E-state index contributed by atoms with van der Waals surface area (Å²) in [5, 5.41) is 14.7. The Morgan fingerprint density at radius 3 is 2.56 bits per heavy atom. The number of ether oxygens (including phenoxy) is 1. The summed E-state index contributed by atoms with van der Waals surface area (Å²) in [6.45, 7) is 4.81. The minimum absolute atomic E-state index is 0.00286. The monoisotopic (exact) mass is 438 g/mol. The number of hydrogen-bond donors (Lipinski definition) is 0. The molecular formula is C23H26N4O5. The second-order valence-corrected chi connectivity index (χ2v) is 7.39. The average Bonchev–Trinajstić information content (AvgIpc) is 3.28. The number of rotatable bonds is 11. The lowest BCUT2D eigenvalue weighted by Gasteiger charge is -2.28. The first-order chi connectivity index (χ1) is 15.5. The van der Waals surface area contributed by atoms with Gasteiger partial charge in [-0.2, -0.15) is 4.98 Å². The van der Waals surface area contributed by atoms with Gasteiger partial charge in [0, 0.05) is 36.7 Å². The van der Waals surface area contributed by atoms with Crippen molar-refractivity contribution in [3.63, 3.8) is 0 Å². The van der Waals surface area contributed by atoms with Gasteiger partial charge in [-0.1, -0.05) is 42.4 Å². The van der Waals surface area contributed by atoms with Crippen LogP contribution in [0.15, 0.2) is 59.1 Å². The number of nitro benzene ring substituents is 1. The summed E-state index contributed by atoms with van der Waals surface area (Å²) < 4.78 is 10.9. The van der Waals surface area contributed by atoms with Gasteiger partial charge in [-0.25, -0.2) is 0 Å². The fourth-order valence-electron chi connectivity index (χ4n) is 3.15. The molecular weight excluding hydrogens is 412 g/mol. The molecule has 1 amide bonds. The van der Waals surface area contributed by atoms with Crippen molar-refractivity contribution in [2.75, 3.05) is 13.2 Å². The van der Waals surface area contributed by atoms with Crippen LogP contribution in [0.25, 0.3) is 11.4 Å². The van der Waals surface area contributed by atoms with Crippen molar-refractivity contribution in [1.82, 2.24) is 15.0 Å². The maximum absolute atomic E-state index is 12.7. The number of benzene rings is 2. The molecule has 1 heterocycles. The van der Waals surface area contributed by atoms with Crippen LogP contribution in [-0.4, -0.2) is 45.1 Å². The van der Waals surface area contributed by atoms with E-state index in [1.165, 1.54) is 12.1 Å². The number of nitrogens with zero attached hydrogens (tertiary/aromatic N) is 4. The molecule has 3 aromatic rings. The number of aromatic nitrogens is 2. The van der Waals surface area contributed by atoms with Crippen LogP contribution in [0.1, 0.15) is 31.7 Å². The van der Waals surface area contributed by atoms with E-state index in [1.807, 2.05) is 44.2 Å². The number of carbonyl (C=O) groups excluding carboxylic acids is 1. The Morgan fingerprint density at radius 1 is 1.19 bits per heavy atom. The fraction of sp³-hybridized carbons (Fsp3) is 0.348. The van der Waals surface area contributed by atoms with E-state index in [9.17, 15) is 14.9 Å². The highest BCUT2D eigenvalue weighted by atomic mass is 16.6. The van der Waals surface area contributed by atoms with Crippen molar-refractivity contribution in [2.45, 2.75) is 39.3 Å². The van der Waals surface area contributed by atoms with Crippen molar-refractivity contribution in [3.05, 3.63) is 76.2 Å². The molecule has 0 fully saturated rings. The van der Waals surface area contributed by atoms with Crippen molar-refractivity contribution in [1.29, 1.82) is 0 Å². The van der Waals surface area contributed by atoms with Crippen LogP contribution < -0.4 is 0 Å². The van der Waals surface area contributed by atoms with Gasteiger partial charge in [-0.05, 0) is 31.0 Å². The molecule has 0 aliphatic rings. The average molecular weight is 438 g/mol. The van der Waals surface area contributed by atoms with Crippen LogP contribution in [0.2, 0.25) is 0 Å². The molecule has 0 saturated heterocycles. The molecule has 2 aromatic carbocycles. The standard InChI is InChI=1S/C23H26N4O5/c1-3-17(2)26(22(28)16-31-15-18-7-5-4-6-8-18)14-13-21-24-23(25-32-21)19-9-11-20(12-10-19)27(29)30/h4-12,17H,3,13-16H2,1-2H3/t17-/m0/s1. The van der Waals surface area contributed by atoms with E-state index in [4.69, 9.17) is 9.26 Å². The highest BCUT2D eigenvalue weighted by Crippen LogP contribution is 2.20. The molecule has 9 heteroatoms. The van der Waals surface area contributed by atoms with E-state index in [-0.39, 0.29) is 24.2 Å². The third-order valence-electron chi connectivity index (χ3n) is 5.15. The van der Waals surface area contributed by atoms with E-state index >= 15 is 0 Å². The van der Waals surface area contributed by atoms with Gasteiger partial charge < -0.3 is 14.2 Å². The Bertz CT molecular complexity index is 1020. The molecule has 1 atom stereocenters. The van der Waals surface area contributed by atoms with Crippen molar-refractivity contribution in [2.24, 2.45) is 0 Å². The van der Waals surface area contributed by atoms with Crippen LogP contribution in [0.5, 0.6) is 0 Å². The summed E-state index contributed by atoms with van der Waals surface area (Å²) in [5.41, 5.74) is 1.63. The molecule has 32 heavy (non-hydrogen) atoms. The largest absolute Gasteiger partial charge is 0.367 e. The summed E-state index contributed by atoms with van der Waals surface area (Å²) >= 11 is 0. The number of nitro groups is 1. The lowest BCUT2D eigenvalue weighted by Crippen LogP contribution is -2.41. The van der Waals surface area contributed by atoms with Gasteiger partial charge in [0.1, 0.15) is 6.61 Å². The van der Waals surface area contributed by atoms with E-state index in [2.05, 4.69) is 10.1 Å². The Balaban J connectivity index is 1.57. The zero-order valence-electron chi connectivity index (χ0n) is 18.1. The first-order valence-electron chi connectivity index (χ1n) is 10.5. The molecule has 0 saturated carbocycles. The molecule has 168 valence electrons. The molecule has 3 rings (SSSR count). The molecule has 0 spiro atoms. The molecule has 1 aromatic heterocycles. The van der Waals surface area contributed by atoms with Gasteiger partial charge in [0.05, 0.1) is 11.5 Å². The number of hydrogen-bond acceptors (Lipinski definition) is 7. The third kappa shape index (κ3) is 6.21. The lowest BCUT2D eigenvalue weighted by molar-refractivity contribution is -0.384. The Kier molecular flexibility index (Phi) is 8.04. The van der Waals surface area contributed by atoms with Gasteiger partial charge in [-0.3, -0.25) is 14.9 Å². The van der Waals surface area contributed by atoms with E-state index < -0.39 is 4.92 Å². The minimum Gasteiger partial charge on any atom is -0.367 e. The molecule has 0 aliphatic carbocycles. The third-order valence-corrected chi connectivity index (χ3v) is 5.15. The Hall–Kier alpha value is -3.59. The van der Waals surface area contributed by atoms with Crippen LogP contribution in [0, 0.1) is 10.1 Å². The summed E-state index contributed by atoms with van der Waals surface area (Å²) in [7, 11) is 0. The Labute approximate surface area is 186 Å². The highest BCUT2D eigenvalue weighted by molar-refractivity contribution is 5.77. The first-order valence-corrected chi connectivity index (χ1v) is 10.5. The normalized spacial score (nSPS) is 11.8. The molecule has 0 N–H and O–H groups in total. The Morgan fingerprint density at radius 2 is 1.91 bits per heavy atom. The van der Waals surface area contributed by atoms with Crippen LogP contribution >= 0.6 is 0 Å². The molecule has 0 radical (unpaired) electrons. The minimum atomic E-state index is -0.463. The van der Waals surface area contributed by atoms with Crippen LogP contribution in [0.4, 0.5) is 5.69 Å². The van der Waals surface area contributed by atoms with Crippen molar-refractivity contribution in [3.8, 4) is 11.4 Å². The predicted octanol–water partition coefficient (Wildman–Crippen LogP) is 4.03. The fourth-order valence-corrected chi connectivity index (χ4v) is 3.15. The zero-order valence-corrected chi connectivity index (χ0v) is 18.1. The van der Waals surface area contributed by atoms with Crippen molar-refractivity contribution >= 4 is 11.6 Å². The summed E-state index contributed by atoms with van der Waals surface area (Å²) in [6, 6.07) is 15.7. The second-order valence-electron chi connectivity index (χ2n) is 7.39. The summed E-state index contributed by atoms with van der Waals surface area (Å²) in [5.74, 6) is 0.651. The van der Waals surface area contributed by atoms with Gasteiger partial charge in [0.15, 0.2) is 0 Å². The molecule has 9 nitrogen and oxygen atoms in total. The number of amides is 1. The smallest absolute Gasteiger partial charge is 0.269 e. The quantitative estimate of drug-likeness (QED) is 0.328. The topological polar surface area (TPSA) is 112 Å². The molecule has 0 aliphatic heterocycles. The van der Waals surface area contributed by atoms with Gasteiger partial charge in [0.25, 0.3) is 5.69 Å². The molecule has 0 unspecified atom stereocenters. The van der Waals surface area contributed by atoms with E-state index in [0.29, 0.717) is 36.9 Å². The SMILES string of the molecule is CC[C@H](C)N(CCc1nc(-c2ccc([N+](=O)[O-])cc2)no1)C(=O)COCc1ccccc1. The van der Waals surface area contributed by atoms with Crippen LogP contribution in [-0.2, 0) is 22.6 Å². The van der Waals surface area contributed by atoms with Gasteiger partial charge in [-0.15, -0.1) is 0 Å². The zero-order chi connectivity index (χ0) is 22.9. The summed E-state index contributed by atoms with van der Waals surface area (Å²) in [4.78, 5) is 29.2. The molecule has 0 bridgehead atoms. The lowest BCUT2D eigenvalue weighted by atomic mass is 10.2. The number of non-ortho nitro benzene ring substituents is 1. The van der Waals surface area contributed by atoms with Crippen molar-refractivity contribution < 1.29 is 19.0 Å². The maximum atomic E-state index is 12.7. The van der Waals surface area contributed by atoms with Gasteiger partial charge >= 0.3 is 0 Å². The predicted molar refractivity (Wildman–Crippen MR) is 118 cm³/mol. The van der Waals surface area contributed by atoms with Gasteiger partial charge in [0.2, 0.25) is 17.6 Å². The first kappa shape index (κ1) is 23.1. The van der Waals surface area contributed by atoms with E-state index in [0.717, 1.165) is 12.0 Å². The number of carbonyl (C=O) groups is 1. The second kappa shape index (κ2) is 11.1. The highest BCUT2D eigenvalue weighted by Gasteiger charge is 2.20. The summed E-state index contributed by atoms with van der Waals surface area (Å²) in [6.07, 6.45) is 1.21. The van der Waals surface area contributed by atoms with Crippen LogP contribution in [0.3, 0.4) is 0 Å². The maximum Gasteiger partial charge on any atom is 0.269 e. The van der Waals surface area contributed by atoms with E-state index in [1.54, 1.807) is 17.0 Å².